The van der Waals surface area contributed by atoms with E-state index in [9.17, 15) is 4.79 Å². The molecule has 0 unspecified atom stereocenters. The van der Waals surface area contributed by atoms with Gasteiger partial charge < -0.3 is 9.14 Å². The standard InChI is InChI=1S/C17H15BrN4O2/c1-11(12-3-6-14(24-2)7-4-12)20-21-17(23)15-10-22-9-13(18)5-8-16(22)19-15/h3-10H,1-2H3,(H,21,23)/b20-11+. The summed E-state index contributed by atoms with van der Waals surface area (Å²) in [4.78, 5) is 16.5. The van der Waals surface area contributed by atoms with Gasteiger partial charge in [0.25, 0.3) is 5.91 Å². The summed E-state index contributed by atoms with van der Waals surface area (Å²) in [6, 6.07) is 11.1. The molecule has 2 aromatic heterocycles. The van der Waals surface area contributed by atoms with Crippen LogP contribution in [0.3, 0.4) is 0 Å². The molecule has 0 saturated heterocycles. The van der Waals surface area contributed by atoms with Gasteiger partial charge in [-0.1, -0.05) is 0 Å². The van der Waals surface area contributed by atoms with E-state index >= 15 is 0 Å². The number of carbonyl (C=O) groups is 1. The van der Waals surface area contributed by atoms with E-state index in [0.29, 0.717) is 17.1 Å². The maximum atomic E-state index is 12.2. The van der Waals surface area contributed by atoms with Crippen molar-refractivity contribution in [2.24, 2.45) is 5.10 Å². The lowest BCUT2D eigenvalue weighted by Crippen LogP contribution is -2.19. The third kappa shape index (κ3) is 3.46. The van der Waals surface area contributed by atoms with Gasteiger partial charge in [0.1, 0.15) is 17.1 Å². The number of ether oxygens (including phenoxy) is 1. The number of nitrogens with zero attached hydrogens (tertiary/aromatic N) is 3. The van der Waals surface area contributed by atoms with E-state index in [1.165, 1.54) is 0 Å². The minimum Gasteiger partial charge on any atom is -0.497 e. The van der Waals surface area contributed by atoms with Gasteiger partial charge in [-0.2, -0.15) is 5.10 Å². The van der Waals surface area contributed by atoms with Gasteiger partial charge in [0.05, 0.1) is 12.8 Å². The summed E-state index contributed by atoms with van der Waals surface area (Å²) in [6.07, 6.45) is 3.50. The zero-order chi connectivity index (χ0) is 17.1. The van der Waals surface area contributed by atoms with Crippen molar-refractivity contribution in [1.82, 2.24) is 14.8 Å². The highest BCUT2D eigenvalue weighted by Gasteiger charge is 2.10. The van der Waals surface area contributed by atoms with Crippen molar-refractivity contribution in [1.29, 1.82) is 0 Å². The van der Waals surface area contributed by atoms with Crippen molar-refractivity contribution in [3.05, 3.63) is 64.5 Å². The first-order valence-electron chi connectivity index (χ1n) is 7.20. The van der Waals surface area contributed by atoms with E-state index in [2.05, 4.69) is 31.4 Å². The second kappa shape index (κ2) is 6.84. The van der Waals surface area contributed by atoms with Crippen LogP contribution in [0.15, 0.2) is 58.4 Å². The topological polar surface area (TPSA) is 68.0 Å². The van der Waals surface area contributed by atoms with Crippen molar-refractivity contribution in [3.8, 4) is 5.75 Å². The summed E-state index contributed by atoms with van der Waals surface area (Å²) in [6.45, 7) is 1.82. The number of hydrogen-bond acceptors (Lipinski definition) is 4. The van der Waals surface area contributed by atoms with Gasteiger partial charge in [0.15, 0.2) is 0 Å². The first-order valence-corrected chi connectivity index (χ1v) is 7.99. The Morgan fingerprint density at radius 3 is 2.67 bits per heavy atom. The molecule has 0 aliphatic heterocycles. The van der Waals surface area contributed by atoms with Crippen molar-refractivity contribution < 1.29 is 9.53 Å². The molecule has 0 saturated carbocycles. The third-order valence-electron chi connectivity index (χ3n) is 3.48. The Labute approximate surface area is 147 Å². The number of pyridine rings is 1. The van der Waals surface area contributed by atoms with Crippen molar-refractivity contribution in [2.75, 3.05) is 7.11 Å². The molecule has 0 spiro atoms. The lowest BCUT2D eigenvalue weighted by atomic mass is 10.1. The van der Waals surface area contributed by atoms with E-state index < -0.39 is 0 Å². The van der Waals surface area contributed by atoms with E-state index in [1.807, 2.05) is 49.5 Å². The fourth-order valence-corrected chi connectivity index (χ4v) is 2.52. The van der Waals surface area contributed by atoms with Crippen LogP contribution in [0.25, 0.3) is 5.65 Å². The molecule has 0 fully saturated rings. The summed E-state index contributed by atoms with van der Waals surface area (Å²) in [5.41, 5.74) is 5.12. The number of hydrazone groups is 1. The SMILES string of the molecule is COc1ccc(/C(C)=N/NC(=O)c2cn3cc(Br)ccc3n2)cc1. The largest absolute Gasteiger partial charge is 0.497 e. The number of amides is 1. The average Bonchev–Trinajstić information content (AvgIpc) is 3.02. The van der Waals surface area contributed by atoms with Crippen molar-refractivity contribution >= 4 is 33.2 Å². The fourth-order valence-electron chi connectivity index (χ4n) is 2.16. The van der Waals surface area contributed by atoms with Crippen LogP contribution in [0, 0.1) is 0 Å². The van der Waals surface area contributed by atoms with Gasteiger partial charge in [0, 0.05) is 16.9 Å². The molecule has 2 heterocycles. The van der Waals surface area contributed by atoms with Crippen LogP contribution in [0.1, 0.15) is 23.0 Å². The predicted molar refractivity (Wildman–Crippen MR) is 95.6 cm³/mol. The molecular weight excluding hydrogens is 372 g/mol. The van der Waals surface area contributed by atoms with Crippen LogP contribution < -0.4 is 10.2 Å². The fraction of sp³-hybridized carbons (Fsp3) is 0.118. The first-order chi connectivity index (χ1) is 11.6. The predicted octanol–water partition coefficient (Wildman–Crippen LogP) is 3.26. The molecule has 1 N–H and O–H groups in total. The third-order valence-corrected chi connectivity index (χ3v) is 3.95. The highest BCUT2D eigenvalue weighted by molar-refractivity contribution is 9.10. The Morgan fingerprint density at radius 1 is 1.21 bits per heavy atom. The normalized spacial score (nSPS) is 11.5. The summed E-state index contributed by atoms with van der Waals surface area (Å²) in [5, 5.41) is 4.13. The number of imidazole rings is 1. The summed E-state index contributed by atoms with van der Waals surface area (Å²) in [7, 11) is 1.61. The average molecular weight is 387 g/mol. The Morgan fingerprint density at radius 2 is 1.96 bits per heavy atom. The molecule has 7 heteroatoms. The first kappa shape index (κ1) is 16.2. The van der Waals surface area contributed by atoms with E-state index in [4.69, 9.17) is 4.74 Å². The Kier molecular flexibility index (Phi) is 4.61. The van der Waals surface area contributed by atoms with Crippen LogP contribution >= 0.6 is 15.9 Å². The molecule has 0 bridgehead atoms. The van der Waals surface area contributed by atoms with Gasteiger partial charge >= 0.3 is 0 Å². The molecule has 3 rings (SSSR count). The minimum absolute atomic E-state index is 0.305. The molecule has 3 aromatic rings. The number of hydrogen-bond donors (Lipinski definition) is 1. The molecule has 0 radical (unpaired) electrons. The Hall–Kier alpha value is -2.67. The van der Waals surface area contributed by atoms with Crippen LogP contribution in [0.4, 0.5) is 0 Å². The van der Waals surface area contributed by atoms with Crippen LogP contribution in [-0.4, -0.2) is 28.1 Å². The Balaban J connectivity index is 1.74. The quantitative estimate of drug-likeness (QED) is 0.552. The second-order valence-corrected chi connectivity index (χ2v) is 6.02. The van der Waals surface area contributed by atoms with Crippen molar-refractivity contribution in [2.45, 2.75) is 6.92 Å². The van der Waals surface area contributed by atoms with Crippen LogP contribution in [0.2, 0.25) is 0 Å². The number of rotatable bonds is 4. The molecule has 0 aliphatic rings. The number of fused-ring (bicyclic) bond motifs is 1. The van der Waals surface area contributed by atoms with E-state index in [-0.39, 0.29) is 5.91 Å². The van der Waals surface area contributed by atoms with Crippen LogP contribution in [0.5, 0.6) is 5.75 Å². The lowest BCUT2D eigenvalue weighted by Gasteiger charge is -2.03. The smallest absolute Gasteiger partial charge is 0.291 e. The van der Waals surface area contributed by atoms with Gasteiger partial charge in [-0.3, -0.25) is 4.79 Å². The number of benzene rings is 1. The number of methoxy groups -OCH3 is 1. The maximum absolute atomic E-state index is 12.2. The number of halogens is 1. The molecule has 1 aromatic carbocycles. The highest BCUT2D eigenvalue weighted by Crippen LogP contribution is 2.13. The van der Waals surface area contributed by atoms with Gasteiger partial charge in [-0.05, 0) is 64.8 Å². The van der Waals surface area contributed by atoms with Crippen molar-refractivity contribution in [3.63, 3.8) is 0 Å². The molecule has 1 amide bonds. The zero-order valence-electron chi connectivity index (χ0n) is 13.2. The van der Waals surface area contributed by atoms with Crippen LogP contribution in [-0.2, 0) is 0 Å². The minimum atomic E-state index is -0.359. The summed E-state index contributed by atoms with van der Waals surface area (Å²) in [5.74, 6) is 0.411. The van der Waals surface area contributed by atoms with Gasteiger partial charge in [0.2, 0.25) is 0 Å². The molecule has 24 heavy (non-hydrogen) atoms. The molecular formula is C17H15BrN4O2. The summed E-state index contributed by atoms with van der Waals surface area (Å²) < 4.78 is 7.81. The number of carbonyl (C=O) groups excluding carboxylic acids is 1. The molecule has 0 aliphatic carbocycles. The lowest BCUT2D eigenvalue weighted by molar-refractivity contribution is 0.0950. The number of nitrogens with one attached hydrogen (secondary N) is 1. The van der Waals surface area contributed by atoms with Gasteiger partial charge in [-0.15, -0.1) is 0 Å². The van der Waals surface area contributed by atoms with E-state index in [1.54, 1.807) is 17.7 Å². The zero-order valence-corrected chi connectivity index (χ0v) is 14.7. The van der Waals surface area contributed by atoms with E-state index in [0.717, 1.165) is 15.8 Å². The molecule has 122 valence electrons. The monoisotopic (exact) mass is 386 g/mol. The number of aromatic nitrogens is 2. The maximum Gasteiger partial charge on any atom is 0.291 e. The van der Waals surface area contributed by atoms with Gasteiger partial charge in [-0.25, -0.2) is 10.4 Å². The second-order valence-electron chi connectivity index (χ2n) is 5.11. The molecule has 6 nitrogen and oxygen atoms in total. The Bertz CT molecular complexity index is 916. The summed E-state index contributed by atoms with van der Waals surface area (Å²) >= 11 is 3.38. The molecule has 0 atom stereocenters. The highest BCUT2D eigenvalue weighted by atomic mass is 79.9.